The van der Waals surface area contributed by atoms with Crippen LogP contribution in [0.3, 0.4) is 0 Å². The Morgan fingerprint density at radius 2 is 0.729 bits per heavy atom. The van der Waals surface area contributed by atoms with E-state index in [4.69, 9.17) is 21.5 Å². The summed E-state index contributed by atoms with van der Waals surface area (Å²) >= 11 is 0. The summed E-state index contributed by atoms with van der Waals surface area (Å²) in [6.07, 6.45) is 0. The van der Waals surface area contributed by atoms with Crippen LogP contribution in [0, 0.1) is 6.57 Å². The Morgan fingerprint density at radius 3 is 1.49 bits per heavy atom. The molecule has 0 atom stereocenters. The SMILES string of the molecule is [C-]#[N+]c1cccc(-c2ccccc2-c2ccccc2-c2nc(-c3ccccc3)nc(-c3ccc(-c4ccc5ccccc5c4)cc3)n2)c1-c1cccc(-c2cccc3c2-c2cccc4cccc-3c24)c1. The third-order valence-corrected chi connectivity index (χ3v) is 13.7. The summed E-state index contributed by atoms with van der Waals surface area (Å²) in [5, 5.41) is 4.98. The summed E-state index contributed by atoms with van der Waals surface area (Å²) in [7, 11) is 0. The van der Waals surface area contributed by atoms with Gasteiger partial charge in [0, 0.05) is 16.7 Å². The van der Waals surface area contributed by atoms with E-state index < -0.39 is 0 Å². The van der Waals surface area contributed by atoms with Crippen LogP contribution in [0.15, 0.2) is 243 Å². The van der Waals surface area contributed by atoms with Gasteiger partial charge in [-0.1, -0.05) is 231 Å². The molecule has 0 bridgehead atoms. The highest BCUT2D eigenvalue weighted by Crippen LogP contribution is 2.52. The van der Waals surface area contributed by atoms with Crippen LogP contribution < -0.4 is 0 Å². The van der Waals surface area contributed by atoms with Crippen LogP contribution in [0.1, 0.15) is 0 Å². The van der Waals surface area contributed by atoms with Crippen molar-refractivity contribution in [1.29, 1.82) is 0 Å². The fourth-order valence-electron chi connectivity index (χ4n) is 10.5. The van der Waals surface area contributed by atoms with Crippen molar-refractivity contribution in [2.24, 2.45) is 0 Å². The fraction of sp³-hybridized carbons (Fsp3) is 0. The number of fused-ring (bicyclic) bond motifs is 4. The molecule has 13 rings (SSSR count). The number of benzene rings is 11. The van der Waals surface area contributed by atoms with Gasteiger partial charge < -0.3 is 0 Å². The first-order valence-electron chi connectivity index (χ1n) is 23.5. The van der Waals surface area contributed by atoms with Gasteiger partial charge in [0.1, 0.15) is 0 Å². The van der Waals surface area contributed by atoms with Crippen molar-refractivity contribution in [2.45, 2.75) is 0 Å². The second-order valence-electron chi connectivity index (χ2n) is 17.7. The summed E-state index contributed by atoms with van der Waals surface area (Å²) < 4.78 is 0. The van der Waals surface area contributed by atoms with Gasteiger partial charge in [0.15, 0.2) is 23.2 Å². The largest absolute Gasteiger partial charge is 0.237 e. The first-order chi connectivity index (χ1) is 34.7. The van der Waals surface area contributed by atoms with E-state index in [9.17, 15) is 0 Å². The van der Waals surface area contributed by atoms with Crippen LogP contribution in [0.25, 0.3) is 138 Å². The maximum atomic E-state index is 8.48. The minimum atomic E-state index is 0.573. The summed E-state index contributed by atoms with van der Waals surface area (Å²) in [6.45, 7) is 8.48. The third-order valence-electron chi connectivity index (χ3n) is 13.7. The lowest BCUT2D eigenvalue weighted by Crippen LogP contribution is -2.01. The predicted molar refractivity (Wildman–Crippen MR) is 289 cm³/mol. The fourth-order valence-corrected chi connectivity index (χ4v) is 10.5. The minimum absolute atomic E-state index is 0.573. The molecule has 0 unspecified atom stereocenters. The quantitative estimate of drug-likeness (QED) is 0.143. The molecule has 0 N–H and O–H groups in total. The van der Waals surface area contributed by atoms with Crippen molar-refractivity contribution < 1.29 is 0 Å². The lowest BCUT2D eigenvalue weighted by atomic mass is 9.86. The molecular formula is C66H40N4. The highest BCUT2D eigenvalue weighted by molar-refractivity contribution is 6.18. The summed E-state index contributed by atoms with van der Waals surface area (Å²) in [5.41, 5.74) is 18.7. The van der Waals surface area contributed by atoms with Crippen molar-refractivity contribution in [1.82, 2.24) is 15.0 Å². The number of nitrogens with zero attached hydrogens (tertiary/aromatic N) is 4. The second-order valence-corrected chi connectivity index (χ2v) is 17.7. The molecule has 324 valence electrons. The predicted octanol–water partition coefficient (Wildman–Crippen LogP) is 17.7. The van der Waals surface area contributed by atoms with Gasteiger partial charge >= 0.3 is 0 Å². The summed E-state index contributed by atoms with van der Waals surface area (Å²) in [6, 6.07) is 85.1. The first-order valence-corrected chi connectivity index (χ1v) is 23.5. The van der Waals surface area contributed by atoms with E-state index in [1.807, 2.05) is 48.5 Å². The maximum absolute atomic E-state index is 8.48. The van der Waals surface area contributed by atoms with E-state index in [2.05, 4.69) is 199 Å². The van der Waals surface area contributed by atoms with Gasteiger partial charge in [-0.15, -0.1) is 0 Å². The summed E-state index contributed by atoms with van der Waals surface area (Å²) in [4.78, 5) is 19.7. The monoisotopic (exact) mass is 888 g/mol. The average Bonchev–Trinajstić information content (AvgIpc) is 3.77. The summed E-state index contributed by atoms with van der Waals surface area (Å²) in [5.74, 6) is 1.76. The molecule has 0 saturated carbocycles. The van der Waals surface area contributed by atoms with Crippen LogP contribution in [0.2, 0.25) is 0 Å². The van der Waals surface area contributed by atoms with Gasteiger partial charge in [-0.05, 0) is 112 Å². The van der Waals surface area contributed by atoms with E-state index in [-0.39, 0.29) is 0 Å². The molecule has 1 aromatic heterocycles. The zero-order valence-corrected chi connectivity index (χ0v) is 37.9. The Morgan fingerprint density at radius 1 is 0.257 bits per heavy atom. The molecule has 70 heavy (non-hydrogen) atoms. The molecule has 4 nitrogen and oxygen atoms in total. The third kappa shape index (κ3) is 6.96. The molecule has 1 heterocycles. The number of rotatable bonds is 8. The smallest absolute Gasteiger partial charge is 0.195 e. The lowest BCUT2D eigenvalue weighted by Gasteiger charge is -2.19. The van der Waals surface area contributed by atoms with Gasteiger partial charge in [0.25, 0.3) is 0 Å². The Labute approximate surface area is 406 Å². The van der Waals surface area contributed by atoms with Crippen LogP contribution in [-0.4, -0.2) is 15.0 Å². The molecule has 0 amide bonds. The van der Waals surface area contributed by atoms with E-state index in [1.165, 1.54) is 49.4 Å². The Bertz CT molecular complexity index is 4070. The van der Waals surface area contributed by atoms with Gasteiger partial charge in [-0.3, -0.25) is 0 Å². The lowest BCUT2D eigenvalue weighted by molar-refractivity contribution is 1.07. The van der Waals surface area contributed by atoms with E-state index in [1.54, 1.807) is 0 Å². The minimum Gasteiger partial charge on any atom is -0.237 e. The molecule has 0 saturated heterocycles. The van der Waals surface area contributed by atoms with Crippen LogP contribution in [0.5, 0.6) is 0 Å². The topological polar surface area (TPSA) is 43.0 Å². The van der Waals surface area contributed by atoms with Crippen LogP contribution >= 0.6 is 0 Å². The van der Waals surface area contributed by atoms with Crippen molar-refractivity contribution in [3.8, 4) is 112 Å². The van der Waals surface area contributed by atoms with E-state index in [0.29, 0.717) is 23.2 Å². The van der Waals surface area contributed by atoms with Crippen LogP contribution in [0.4, 0.5) is 5.69 Å². The van der Waals surface area contributed by atoms with Crippen molar-refractivity contribution in [3.63, 3.8) is 0 Å². The first kappa shape index (κ1) is 40.7. The molecule has 0 radical (unpaired) electrons. The molecule has 0 fully saturated rings. The number of hydrogen-bond donors (Lipinski definition) is 0. The maximum Gasteiger partial charge on any atom is 0.195 e. The molecule has 12 aromatic rings. The molecule has 11 aromatic carbocycles. The molecule has 1 aliphatic carbocycles. The van der Waals surface area contributed by atoms with Crippen LogP contribution in [-0.2, 0) is 0 Å². The molecule has 4 heteroatoms. The second kappa shape index (κ2) is 16.9. The van der Waals surface area contributed by atoms with E-state index >= 15 is 0 Å². The van der Waals surface area contributed by atoms with E-state index in [0.717, 1.165) is 66.8 Å². The Hall–Kier alpha value is -9.56. The van der Waals surface area contributed by atoms with Crippen molar-refractivity contribution >= 4 is 27.2 Å². The zero-order chi connectivity index (χ0) is 46.5. The van der Waals surface area contributed by atoms with Crippen molar-refractivity contribution in [3.05, 3.63) is 254 Å². The Balaban J connectivity index is 0.926. The highest BCUT2D eigenvalue weighted by atomic mass is 15.0. The zero-order valence-electron chi connectivity index (χ0n) is 37.9. The van der Waals surface area contributed by atoms with Gasteiger partial charge in [0.05, 0.1) is 6.57 Å². The number of hydrogen-bond acceptors (Lipinski definition) is 3. The standard InChI is InChI=1S/C66H40N4/c1-67-60-33-15-31-55(62(60)50-23-11-22-49(41-50)51-28-14-30-57-56-29-12-20-44-21-13-32-59(61(44)56)63(51)57)53-25-8-7-24-52(53)54-26-9-10-27-58(54)66-69-64(45-17-3-2-4-18-45)68-65(70-66)46-37-34-43(35-38-46)48-39-36-42-16-5-6-19-47(42)40-48/h2-41H. The van der Waals surface area contributed by atoms with Gasteiger partial charge in [-0.25, -0.2) is 19.8 Å². The van der Waals surface area contributed by atoms with Crippen molar-refractivity contribution in [2.75, 3.05) is 0 Å². The highest BCUT2D eigenvalue weighted by Gasteiger charge is 2.25. The Kier molecular flexibility index (Phi) is 9.85. The molecule has 0 spiro atoms. The van der Waals surface area contributed by atoms with Gasteiger partial charge in [0.2, 0.25) is 0 Å². The molecule has 1 aliphatic rings. The normalized spacial score (nSPS) is 11.4. The molecule has 0 aliphatic heterocycles. The van der Waals surface area contributed by atoms with Gasteiger partial charge in [-0.2, -0.15) is 0 Å². The number of aromatic nitrogens is 3. The molecular weight excluding hydrogens is 849 g/mol. The average molecular weight is 889 g/mol.